The third kappa shape index (κ3) is 1.85. The molecule has 19 heavy (non-hydrogen) atoms. The van der Waals surface area contributed by atoms with Crippen molar-refractivity contribution in [3.8, 4) is 0 Å². The molecule has 3 rings (SSSR count). The van der Waals surface area contributed by atoms with Crippen molar-refractivity contribution in [1.29, 1.82) is 0 Å². The van der Waals surface area contributed by atoms with Crippen molar-refractivity contribution in [1.82, 2.24) is 19.7 Å². The zero-order chi connectivity index (χ0) is 13.6. The summed E-state index contributed by atoms with van der Waals surface area (Å²) in [6.07, 6.45) is 0. The molecule has 0 aliphatic carbocycles. The van der Waals surface area contributed by atoms with E-state index in [4.69, 9.17) is 10.3 Å². The molecule has 98 valence electrons. The maximum absolute atomic E-state index is 5.98. The zero-order valence-electron chi connectivity index (χ0n) is 11.1. The molecule has 0 bridgehead atoms. The van der Waals surface area contributed by atoms with Crippen molar-refractivity contribution in [3.05, 3.63) is 34.8 Å². The number of imidazole rings is 1. The minimum Gasteiger partial charge on any atom is -0.369 e. The Morgan fingerprint density at radius 3 is 2.68 bits per heavy atom. The molecule has 0 aliphatic rings. The monoisotopic (exact) mass is 257 g/mol. The first-order chi connectivity index (χ1) is 9.06. The molecule has 0 unspecified atom stereocenters. The number of pyridine rings is 1. The number of nitrogens with two attached hydrogens (primary N) is 1. The molecule has 0 amide bonds. The van der Waals surface area contributed by atoms with Crippen LogP contribution in [0.4, 0.5) is 5.95 Å². The standard InChI is InChI=1S/C13H15N5O/c1-7-4-5-11-12(15-7)18(13(14)16-11)6-10-8(2)17-19-9(10)3/h4-5H,6H2,1-3H3,(H2,14,16). The van der Waals surface area contributed by atoms with Crippen molar-refractivity contribution in [2.75, 3.05) is 5.73 Å². The summed E-state index contributed by atoms with van der Waals surface area (Å²) in [5.41, 5.74) is 10.4. The highest BCUT2D eigenvalue weighted by atomic mass is 16.5. The number of nitrogen functional groups attached to an aromatic ring is 1. The Morgan fingerprint density at radius 2 is 2.00 bits per heavy atom. The van der Waals surface area contributed by atoms with E-state index in [2.05, 4.69) is 15.1 Å². The molecule has 0 saturated heterocycles. The lowest BCUT2D eigenvalue weighted by atomic mass is 10.2. The van der Waals surface area contributed by atoms with Crippen molar-refractivity contribution >= 4 is 17.1 Å². The van der Waals surface area contributed by atoms with Gasteiger partial charge in [-0.2, -0.15) is 0 Å². The van der Waals surface area contributed by atoms with Gasteiger partial charge in [-0.25, -0.2) is 9.97 Å². The van der Waals surface area contributed by atoms with Crippen LogP contribution in [0.15, 0.2) is 16.7 Å². The zero-order valence-corrected chi connectivity index (χ0v) is 11.1. The van der Waals surface area contributed by atoms with Crippen LogP contribution in [0.3, 0.4) is 0 Å². The second-order valence-corrected chi connectivity index (χ2v) is 4.65. The van der Waals surface area contributed by atoms with Gasteiger partial charge in [0.2, 0.25) is 5.95 Å². The van der Waals surface area contributed by atoms with E-state index < -0.39 is 0 Å². The second kappa shape index (κ2) is 4.08. The number of anilines is 1. The molecular weight excluding hydrogens is 242 g/mol. The van der Waals surface area contributed by atoms with Gasteiger partial charge in [-0.3, -0.25) is 4.57 Å². The van der Waals surface area contributed by atoms with Crippen LogP contribution in [-0.4, -0.2) is 19.7 Å². The van der Waals surface area contributed by atoms with Gasteiger partial charge in [0.05, 0.1) is 12.2 Å². The van der Waals surface area contributed by atoms with Crippen molar-refractivity contribution in [2.45, 2.75) is 27.3 Å². The van der Waals surface area contributed by atoms with Gasteiger partial charge in [-0.05, 0) is 32.9 Å². The van der Waals surface area contributed by atoms with Gasteiger partial charge in [0.15, 0.2) is 5.65 Å². The molecular formula is C13H15N5O. The highest BCUT2D eigenvalue weighted by molar-refractivity contribution is 5.74. The van der Waals surface area contributed by atoms with E-state index in [0.29, 0.717) is 12.5 Å². The topological polar surface area (TPSA) is 82.8 Å². The molecule has 0 aromatic carbocycles. The fourth-order valence-electron chi connectivity index (χ4n) is 2.16. The van der Waals surface area contributed by atoms with Gasteiger partial charge in [0.1, 0.15) is 11.3 Å². The van der Waals surface area contributed by atoms with E-state index in [0.717, 1.165) is 33.9 Å². The molecule has 0 saturated carbocycles. The van der Waals surface area contributed by atoms with E-state index in [9.17, 15) is 0 Å². The maximum atomic E-state index is 5.98. The molecule has 2 N–H and O–H groups in total. The van der Waals surface area contributed by atoms with Crippen molar-refractivity contribution in [3.63, 3.8) is 0 Å². The number of aromatic nitrogens is 4. The van der Waals surface area contributed by atoms with Gasteiger partial charge in [-0.1, -0.05) is 5.16 Å². The average Bonchev–Trinajstić information content (AvgIpc) is 2.84. The fraction of sp³-hybridized carbons (Fsp3) is 0.308. The molecule has 0 atom stereocenters. The van der Waals surface area contributed by atoms with Crippen LogP contribution >= 0.6 is 0 Å². The van der Waals surface area contributed by atoms with Gasteiger partial charge in [-0.15, -0.1) is 0 Å². The largest absolute Gasteiger partial charge is 0.369 e. The van der Waals surface area contributed by atoms with Gasteiger partial charge >= 0.3 is 0 Å². The molecule has 3 aromatic rings. The molecule has 6 nitrogen and oxygen atoms in total. The number of hydrogen-bond acceptors (Lipinski definition) is 5. The first-order valence-corrected chi connectivity index (χ1v) is 6.07. The van der Waals surface area contributed by atoms with Crippen molar-refractivity contribution < 1.29 is 4.52 Å². The number of aryl methyl sites for hydroxylation is 3. The lowest BCUT2D eigenvalue weighted by Gasteiger charge is -2.05. The number of fused-ring (bicyclic) bond motifs is 1. The second-order valence-electron chi connectivity index (χ2n) is 4.65. The van der Waals surface area contributed by atoms with Crippen LogP contribution in [-0.2, 0) is 6.54 Å². The summed E-state index contributed by atoms with van der Waals surface area (Å²) < 4.78 is 7.06. The van der Waals surface area contributed by atoms with E-state index in [1.807, 2.05) is 37.5 Å². The van der Waals surface area contributed by atoms with E-state index >= 15 is 0 Å². The fourth-order valence-corrected chi connectivity index (χ4v) is 2.16. The summed E-state index contributed by atoms with van der Waals surface area (Å²) >= 11 is 0. The Kier molecular flexibility index (Phi) is 2.51. The summed E-state index contributed by atoms with van der Waals surface area (Å²) in [7, 11) is 0. The lowest BCUT2D eigenvalue weighted by molar-refractivity contribution is 0.392. The predicted octanol–water partition coefficient (Wildman–Crippen LogP) is 1.98. The Labute approximate surface area is 110 Å². The van der Waals surface area contributed by atoms with E-state index in [1.54, 1.807) is 0 Å². The highest BCUT2D eigenvalue weighted by Crippen LogP contribution is 2.21. The van der Waals surface area contributed by atoms with E-state index in [1.165, 1.54) is 0 Å². The Hall–Kier alpha value is -2.37. The van der Waals surface area contributed by atoms with Gasteiger partial charge < -0.3 is 10.3 Å². The van der Waals surface area contributed by atoms with Gasteiger partial charge in [0, 0.05) is 11.3 Å². The van der Waals surface area contributed by atoms with Crippen LogP contribution in [0.1, 0.15) is 22.7 Å². The van der Waals surface area contributed by atoms with E-state index in [-0.39, 0.29) is 0 Å². The predicted molar refractivity (Wildman–Crippen MR) is 71.8 cm³/mol. The van der Waals surface area contributed by atoms with Gasteiger partial charge in [0.25, 0.3) is 0 Å². The molecule has 0 fully saturated rings. The Balaban J connectivity index is 2.15. The van der Waals surface area contributed by atoms with Crippen LogP contribution in [0.25, 0.3) is 11.2 Å². The third-order valence-corrected chi connectivity index (χ3v) is 3.26. The summed E-state index contributed by atoms with van der Waals surface area (Å²) in [6, 6.07) is 3.85. The quantitative estimate of drug-likeness (QED) is 0.759. The highest BCUT2D eigenvalue weighted by Gasteiger charge is 2.15. The smallest absolute Gasteiger partial charge is 0.202 e. The molecule has 3 aromatic heterocycles. The Bertz CT molecular complexity index is 736. The van der Waals surface area contributed by atoms with Crippen LogP contribution in [0.5, 0.6) is 0 Å². The number of hydrogen-bond donors (Lipinski definition) is 1. The van der Waals surface area contributed by atoms with Crippen molar-refractivity contribution in [2.24, 2.45) is 0 Å². The summed E-state index contributed by atoms with van der Waals surface area (Å²) in [4.78, 5) is 8.83. The molecule has 3 heterocycles. The normalized spacial score (nSPS) is 11.3. The molecule has 6 heteroatoms. The SMILES string of the molecule is Cc1ccc2nc(N)n(Cc3c(C)noc3C)c2n1. The minimum absolute atomic E-state index is 0.452. The summed E-state index contributed by atoms with van der Waals surface area (Å²) in [5.74, 6) is 1.25. The first-order valence-electron chi connectivity index (χ1n) is 6.07. The van der Waals surface area contributed by atoms with Crippen LogP contribution < -0.4 is 5.73 Å². The summed E-state index contributed by atoms with van der Waals surface area (Å²) in [6.45, 7) is 6.33. The van der Waals surface area contributed by atoms with Crippen LogP contribution in [0, 0.1) is 20.8 Å². The summed E-state index contributed by atoms with van der Waals surface area (Å²) in [5, 5.41) is 3.95. The third-order valence-electron chi connectivity index (χ3n) is 3.26. The van der Waals surface area contributed by atoms with Crippen LogP contribution in [0.2, 0.25) is 0 Å². The minimum atomic E-state index is 0.452. The number of nitrogens with zero attached hydrogens (tertiary/aromatic N) is 4. The Morgan fingerprint density at radius 1 is 1.21 bits per heavy atom. The number of rotatable bonds is 2. The lowest BCUT2D eigenvalue weighted by Crippen LogP contribution is -2.06. The maximum Gasteiger partial charge on any atom is 0.202 e. The average molecular weight is 257 g/mol. The molecule has 0 aliphatic heterocycles. The molecule has 0 spiro atoms. The molecule has 0 radical (unpaired) electrons. The first kappa shape index (κ1) is 11.7.